The first kappa shape index (κ1) is 20.4. The van der Waals surface area contributed by atoms with E-state index in [0.717, 1.165) is 16.6 Å². The van der Waals surface area contributed by atoms with Gasteiger partial charge in [-0.3, -0.25) is 4.79 Å². The van der Waals surface area contributed by atoms with Crippen molar-refractivity contribution < 1.29 is 17.9 Å². The van der Waals surface area contributed by atoms with Gasteiger partial charge >= 0.3 is 0 Å². The van der Waals surface area contributed by atoms with Crippen LogP contribution in [0, 0.1) is 0 Å². The van der Waals surface area contributed by atoms with Crippen LogP contribution in [0.2, 0.25) is 0 Å². The van der Waals surface area contributed by atoms with Crippen molar-refractivity contribution in [3.8, 4) is 11.6 Å². The van der Waals surface area contributed by atoms with Gasteiger partial charge in [0.25, 0.3) is 0 Å². The van der Waals surface area contributed by atoms with Crippen molar-refractivity contribution in [3.05, 3.63) is 83.8 Å². The van der Waals surface area contributed by atoms with Gasteiger partial charge in [-0.25, -0.2) is 18.4 Å². The highest BCUT2D eigenvalue weighted by molar-refractivity contribution is 7.91. The second-order valence-corrected chi connectivity index (χ2v) is 10.2. The number of H-pyrrole nitrogens is 1. The second kappa shape index (κ2) is 8.20. The Hall–Kier alpha value is -3.52. The van der Waals surface area contributed by atoms with Crippen molar-refractivity contribution in [2.45, 2.75) is 18.8 Å². The molecule has 0 spiro atoms. The van der Waals surface area contributed by atoms with Crippen LogP contribution in [0.4, 0.5) is 0 Å². The number of nitrogens with zero attached hydrogens (tertiary/aromatic N) is 2. The third-order valence-corrected chi connectivity index (χ3v) is 7.45. The largest absolute Gasteiger partial charge is 0.439 e. The average molecular weight is 448 g/mol. The van der Waals surface area contributed by atoms with E-state index < -0.39 is 9.84 Å². The van der Waals surface area contributed by atoms with E-state index in [1.165, 1.54) is 0 Å². The molecule has 0 radical (unpaired) electrons. The number of aromatic nitrogens is 3. The van der Waals surface area contributed by atoms with Crippen LogP contribution in [0.15, 0.2) is 66.9 Å². The van der Waals surface area contributed by atoms with Gasteiger partial charge in [-0.2, -0.15) is 0 Å². The first-order chi connectivity index (χ1) is 15.5. The Labute approximate surface area is 185 Å². The number of aromatic amines is 1. The molecule has 1 N–H and O–H groups in total. The number of hydrogen-bond donors (Lipinski definition) is 1. The Morgan fingerprint density at radius 2 is 1.72 bits per heavy atom. The maximum absolute atomic E-state index is 12.8. The fraction of sp³-hybridized carbons (Fsp3) is 0.208. The summed E-state index contributed by atoms with van der Waals surface area (Å²) in [4.78, 5) is 24.6. The van der Waals surface area contributed by atoms with Crippen LogP contribution in [0.5, 0.6) is 11.6 Å². The van der Waals surface area contributed by atoms with Gasteiger partial charge in [0.15, 0.2) is 5.82 Å². The number of ketones is 1. The minimum Gasteiger partial charge on any atom is -0.439 e. The molecular weight excluding hydrogens is 426 g/mol. The number of hydrogen-bond acceptors (Lipinski definition) is 6. The lowest BCUT2D eigenvalue weighted by Gasteiger charge is -2.23. The number of imidazole rings is 1. The van der Waals surface area contributed by atoms with Gasteiger partial charge in [-0.15, -0.1) is 0 Å². The Balaban J connectivity index is 1.34. The number of sulfone groups is 1. The summed E-state index contributed by atoms with van der Waals surface area (Å²) in [6.45, 7) is 0. The number of carbonyl (C=O) groups is 1. The molecule has 162 valence electrons. The summed E-state index contributed by atoms with van der Waals surface area (Å²) in [5, 5.41) is 0. The van der Waals surface area contributed by atoms with Crippen LogP contribution in [0.1, 0.15) is 40.5 Å². The van der Waals surface area contributed by atoms with E-state index >= 15 is 0 Å². The third kappa shape index (κ3) is 4.13. The van der Waals surface area contributed by atoms with Gasteiger partial charge in [0.05, 0.1) is 22.5 Å². The summed E-state index contributed by atoms with van der Waals surface area (Å²) in [7, 11) is -2.94. The summed E-state index contributed by atoms with van der Waals surface area (Å²) in [6.07, 6.45) is 2.78. The minimum absolute atomic E-state index is 0.0937. The normalized spacial score (nSPS) is 16.1. The van der Waals surface area contributed by atoms with Gasteiger partial charge in [0.1, 0.15) is 15.6 Å². The van der Waals surface area contributed by atoms with Crippen LogP contribution >= 0.6 is 0 Å². The molecule has 0 bridgehead atoms. The first-order valence-corrected chi connectivity index (χ1v) is 12.2. The number of para-hydroxylation sites is 2. The summed E-state index contributed by atoms with van der Waals surface area (Å²) in [6, 6.07) is 18.1. The molecule has 4 aromatic rings. The topological polar surface area (TPSA) is 102 Å². The van der Waals surface area contributed by atoms with E-state index in [4.69, 9.17) is 4.74 Å². The number of ether oxygens (including phenoxy) is 1. The van der Waals surface area contributed by atoms with Gasteiger partial charge < -0.3 is 9.72 Å². The standard InChI is InChI=1S/C24H21N3O4S/c28-22(23-26-20-5-1-2-6-21(20)27-23)17-7-9-18(10-8-17)31-24-19(4-3-13-25-24)16-11-14-32(29,30)15-12-16/h1-10,13,16H,11-12,14-15H2,(H,26,27). The Bertz CT molecular complexity index is 1350. The molecular formula is C24H21N3O4S. The van der Waals surface area contributed by atoms with E-state index in [9.17, 15) is 13.2 Å². The molecule has 3 heterocycles. The van der Waals surface area contributed by atoms with Gasteiger partial charge in [0.2, 0.25) is 11.7 Å². The zero-order chi connectivity index (χ0) is 22.1. The van der Waals surface area contributed by atoms with E-state index in [0.29, 0.717) is 35.9 Å². The van der Waals surface area contributed by atoms with Crippen LogP contribution in [-0.4, -0.2) is 40.7 Å². The molecule has 2 aromatic carbocycles. The Morgan fingerprint density at radius 1 is 0.969 bits per heavy atom. The number of carbonyl (C=O) groups excluding carboxylic acids is 1. The number of pyridine rings is 1. The smallest absolute Gasteiger partial charge is 0.228 e. The van der Waals surface area contributed by atoms with Crippen molar-refractivity contribution in [1.29, 1.82) is 0 Å². The molecule has 1 aliphatic rings. The van der Waals surface area contributed by atoms with Crippen LogP contribution < -0.4 is 4.74 Å². The molecule has 1 saturated heterocycles. The highest BCUT2D eigenvalue weighted by atomic mass is 32.2. The monoisotopic (exact) mass is 447 g/mol. The van der Waals surface area contributed by atoms with Crippen LogP contribution in [-0.2, 0) is 9.84 Å². The third-order valence-electron chi connectivity index (χ3n) is 5.73. The van der Waals surface area contributed by atoms with Crippen LogP contribution in [0.25, 0.3) is 11.0 Å². The number of rotatable bonds is 5. The fourth-order valence-corrected chi connectivity index (χ4v) is 5.47. The average Bonchev–Trinajstić information content (AvgIpc) is 3.24. The molecule has 0 aliphatic carbocycles. The van der Waals surface area contributed by atoms with Gasteiger partial charge in [-0.1, -0.05) is 18.2 Å². The summed E-state index contributed by atoms with van der Waals surface area (Å²) < 4.78 is 29.5. The molecule has 0 saturated carbocycles. The fourth-order valence-electron chi connectivity index (χ4n) is 3.98. The van der Waals surface area contributed by atoms with Crippen molar-refractivity contribution in [1.82, 2.24) is 15.0 Å². The molecule has 5 rings (SSSR count). The molecule has 7 nitrogen and oxygen atoms in total. The molecule has 0 unspecified atom stereocenters. The Kier molecular flexibility index (Phi) is 5.22. The van der Waals surface area contributed by atoms with Gasteiger partial charge in [0, 0.05) is 17.3 Å². The number of benzene rings is 2. The summed E-state index contributed by atoms with van der Waals surface area (Å²) >= 11 is 0. The van der Waals surface area contributed by atoms with E-state index in [2.05, 4.69) is 15.0 Å². The number of nitrogens with one attached hydrogen (secondary N) is 1. The van der Waals surface area contributed by atoms with Crippen molar-refractivity contribution in [2.75, 3.05) is 11.5 Å². The highest BCUT2D eigenvalue weighted by Crippen LogP contribution is 2.35. The van der Waals surface area contributed by atoms with Gasteiger partial charge in [-0.05, 0) is 61.2 Å². The summed E-state index contributed by atoms with van der Waals surface area (Å²) in [5.74, 6) is 1.57. The molecule has 0 atom stereocenters. The summed E-state index contributed by atoms with van der Waals surface area (Å²) in [5.41, 5.74) is 2.96. The molecule has 8 heteroatoms. The maximum Gasteiger partial charge on any atom is 0.228 e. The van der Waals surface area contributed by atoms with Crippen molar-refractivity contribution in [2.24, 2.45) is 0 Å². The maximum atomic E-state index is 12.8. The molecule has 1 aliphatic heterocycles. The predicted molar refractivity (Wildman–Crippen MR) is 121 cm³/mol. The van der Waals surface area contributed by atoms with Crippen molar-refractivity contribution >= 4 is 26.7 Å². The highest BCUT2D eigenvalue weighted by Gasteiger charge is 2.27. The lowest BCUT2D eigenvalue weighted by Crippen LogP contribution is -2.22. The molecule has 1 fully saturated rings. The van der Waals surface area contributed by atoms with E-state index in [1.54, 1.807) is 30.5 Å². The molecule has 0 amide bonds. The minimum atomic E-state index is -2.94. The zero-order valence-electron chi connectivity index (χ0n) is 17.2. The predicted octanol–water partition coefficient (Wildman–Crippen LogP) is 4.27. The number of fused-ring (bicyclic) bond motifs is 1. The zero-order valence-corrected chi connectivity index (χ0v) is 18.0. The lowest BCUT2D eigenvalue weighted by atomic mass is 9.94. The lowest BCUT2D eigenvalue weighted by molar-refractivity contribution is 0.103. The van der Waals surface area contributed by atoms with Crippen molar-refractivity contribution in [3.63, 3.8) is 0 Å². The van der Waals surface area contributed by atoms with E-state index in [1.807, 2.05) is 36.4 Å². The quantitative estimate of drug-likeness (QED) is 0.458. The molecule has 32 heavy (non-hydrogen) atoms. The Morgan fingerprint density at radius 3 is 2.47 bits per heavy atom. The first-order valence-electron chi connectivity index (χ1n) is 10.4. The molecule has 2 aromatic heterocycles. The van der Waals surface area contributed by atoms with Crippen LogP contribution in [0.3, 0.4) is 0 Å². The van der Waals surface area contributed by atoms with E-state index in [-0.39, 0.29) is 23.2 Å². The second-order valence-electron chi connectivity index (χ2n) is 7.88. The SMILES string of the molecule is O=C(c1ccc(Oc2ncccc2C2CCS(=O)(=O)CC2)cc1)c1nc2ccccc2[nH]1.